The highest BCUT2D eigenvalue weighted by molar-refractivity contribution is 5.94. The number of benzene rings is 1. The Morgan fingerprint density at radius 3 is 2.94 bits per heavy atom. The molecule has 0 aromatic heterocycles. The Hall–Kier alpha value is -1.95. The number of likely N-dealkylation sites (N-methyl/N-ethyl adjacent to an activating group) is 1. The van der Waals surface area contributed by atoms with Crippen molar-refractivity contribution in [2.75, 3.05) is 20.1 Å². The van der Waals surface area contributed by atoms with Crippen molar-refractivity contribution in [1.29, 1.82) is 0 Å². The molecule has 0 aliphatic carbocycles. The van der Waals surface area contributed by atoms with Gasteiger partial charge in [0.15, 0.2) is 0 Å². The van der Waals surface area contributed by atoms with Crippen molar-refractivity contribution in [1.82, 2.24) is 10.2 Å². The maximum Gasteiger partial charge on any atom is 0.270 e. The van der Waals surface area contributed by atoms with E-state index in [4.69, 9.17) is 0 Å². The van der Waals surface area contributed by atoms with Crippen molar-refractivity contribution in [3.63, 3.8) is 0 Å². The van der Waals surface area contributed by atoms with E-state index in [2.05, 4.69) is 5.32 Å². The zero-order chi connectivity index (χ0) is 13.1. The van der Waals surface area contributed by atoms with E-state index in [9.17, 15) is 14.9 Å². The quantitative estimate of drug-likeness (QED) is 0.641. The number of hydrogen-bond donors (Lipinski definition) is 1. The van der Waals surface area contributed by atoms with Gasteiger partial charge in [0, 0.05) is 37.3 Å². The first-order valence-corrected chi connectivity index (χ1v) is 5.82. The molecule has 1 aliphatic heterocycles. The van der Waals surface area contributed by atoms with E-state index in [-0.39, 0.29) is 17.6 Å². The highest BCUT2D eigenvalue weighted by Gasteiger charge is 2.24. The first kappa shape index (κ1) is 12.5. The predicted octanol–water partition coefficient (Wildman–Crippen LogP) is 1.03. The van der Waals surface area contributed by atoms with Crippen LogP contribution in [0.25, 0.3) is 0 Å². The van der Waals surface area contributed by atoms with Crippen LogP contribution >= 0.6 is 0 Å². The molecule has 1 saturated heterocycles. The molecule has 96 valence electrons. The molecule has 2 rings (SSSR count). The van der Waals surface area contributed by atoms with E-state index >= 15 is 0 Å². The number of carbonyl (C=O) groups excluding carboxylic acids is 1. The van der Waals surface area contributed by atoms with Crippen LogP contribution in [-0.4, -0.2) is 41.9 Å². The van der Waals surface area contributed by atoms with Crippen LogP contribution in [0.1, 0.15) is 16.8 Å². The van der Waals surface area contributed by atoms with Crippen molar-refractivity contribution in [3.05, 3.63) is 39.9 Å². The lowest BCUT2D eigenvalue weighted by molar-refractivity contribution is -0.384. The Morgan fingerprint density at radius 1 is 1.56 bits per heavy atom. The van der Waals surface area contributed by atoms with Crippen molar-refractivity contribution < 1.29 is 9.72 Å². The maximum atomic E-state index is 12.2. The molecule has 1 fully saturated rings. The van der Waals surface area contributed by atoms with Gasteiger partial charge in [0.05, 0.1) is 4.92 Å². The molecule has 1 N–H and O–H groups in total. The summed E-state index contributed by atoms with van der Waals surface area (Å²) in [6, 6.07) is 6.01. The zero-order valence-corrected chi connectivity index (χ0v) is 10.1. The average Bonchev–Trinajstić information content (AvgIpc) is 2.91. The lowest BCUT2D eigenvalue weighted by Gasteiger charge is -2.23. The van der Waals surface area contributed by atoms with E-state index in [1.165, 1.54) is 18.2 Å². The Balaban J connectivity index is 2.17. The molecule has 1 aromatic carbocycles. The number of carbonyl (C=O) groups is 1. The SMILES string of the molecule is CN(C(=O)c1cccc([N+](=O)[O-])c1)C1CCNC1. The summed E-state index contributed by atoms with van der Waals surface area (Å²) in [6.45, 7) is 1.67. The van der Waals surface area contributed by atoms with Gasteiger partial charge in [-0.25, -0.2) is 0 Å². The van der Waals surface area contributed by atoms with Crippen molar-refractivity contribution in [2.45, 2.75) is 12.5 Å². The van der Waals surface area contributed by atoms with Gasteiger partial charge in [0.25, 0.3) is 11.6 Å². The molecule has 1 heterocycles. The van der Waals surface area contributed by atoms with E-state index < -0.39 is 4.92 Å². The van der Waals surface area contributed by atoms with Gasteiger partial charge in [-0.1, -0.05) is 6.07 Å². The third kappa shape index (κ3) is 2.48. The summed E-state index contributed by atoms with van der Waals surface area (Å²) in [5.74, 6) is -0.174. The van der Waals surface area contributed by atoms with Crippen LogP contribution in [0.3, 0.4) is 0 Å². The van der Waals surface area contributed by atoms with Crippen molar-refractivity contribution in [2.24, 2.45) is 0 Å². The van der Waals surface area contributed by atoms with Crippen LogP contribution in [0.5, 0.6) is 0 Å². The minimum Gasteiger partial charge on any atom is -0.337 e. The van der Waals surface area contributed by atoms with Crippen LogP contribution in [0.4, 0.5) is 5.69 Å². The minimum absolute atomic E-state index is 0.0567. The number of amides is 1. The molecule has 0 spiro atoms. The minimum atomic E-state index is -0.492. The fourth-order valence-corrected chi connectivity index (χ4v) is 2.09. The Bertz CT molecular complexity index is 469. The summed E-state index contributed by atoms with van der Waals surface area (Å²) >= 11 is 0. The predicted molar refractivity (Wildman–Crippen MR) is 66.5 cm³/mol. The Labute approximate surface area is 105 Å². The molecule has 0 saturated carbocycles. The second-order valence-corrected chi connectivity index (χ2v) is 4.37. The fraction of sp³-hybridized carbons (Fsp3) is 0.417. The van der Waals surface area contributed by atoms with Gasteiger partial charge in [-0.05, 0) is 19.0 Å². The summed E-state index contributed by atoms with van der Waals surface area (Å²) in [6.07, 6.45) is 0.914. The van der Waals surface area contributed by atoms with E-state index in [0.29, 0.717) is 5.56 Å². The molecule has 0 radical (unpaired) electrons. The summed E-state index contributed by atoms with van der Waals surface area (Å²) < 4.78 is 0. The number of nitrogens with zero attached hydrogens (tertiary/aromatic N) is 2. The van der Waals surface area contributed by atoms with Crippen LogP contribution in [-0.2, 0) is 0 Å². The van der Waals surface area contributed by atoms with E-state index in [1.807, 2.05) is 0 Å². The molecule has 18 heavy (non-hydrogen) atoms. The van der Waals surface area contributed by atoms with Gasteiger partial charge in [0.1, 0.15) is 0 Å². The number of hydrogen-bond acceptors (Lipinski definition) is 4. The largest absolute Gasteiger partial charge is 0.337 e. The van der Waals surface area contributed by atoms with Crippen LogP contribution in [0.15, 0.2) is 24.3 Å². The summed E-state index contributed by atoms with van der Waals surface area (Å²) in [7, 11) is 1.73. The van der Waals surface area contributed by atoms with Gasteiger partial charge < -0.3 is 10.2 Å². The van der Waals surface area contributed by atoms with E-state index in [1.54, 1.807) is 18.0 Å². The molecular weight excluding hydrogens is 234 g/mol. The summed E-state index contributed by atoms with van der Waals surface area (Å²) in [4.78, 5) is 24.0. The third-order valence-electron chi connectivity index (χ3n) is 3.21. The molecule has 0 bridgehead atoms. The highest BCUT2D eigenvalue weighted by Crippen LogP contribution is 2.16. The normalized spacial score (nSPS) is 18.6. The first-order chi connectivity index (χ1) is 8.59. The number of rotatable bonds is 3. The van der Waals surface area contributed by atoms with Crippen molar-refractivity contribution >= 4 is 11.6 Å². The first-order valence-electron chi connectivity index (χ1n) is 5.82. The number of nitro groups is 1. The molecule has 6 heteroatoms. The Kier molecular flexibility index (Phi) is 3.57. The van der Waals surface area contributed by atoms with Crippen LogP contribution < -0.4 is 5.32 Å². The Morgan fingerprint density at radius 2 is 2.33 bits per heavy atom. The fourth-order valence-electron chi connectivity index (χ4n) is 2.09. The summed E-state index contributed by atoms with van der Waals surface area (Å²) in [5.41, 5.74) is 0.303. The zero-order valence-electron chi connectivity index (χ0n) is 10.1. The lowest BCUT2D eigenvalue weighted by atomic mass is 10.1. The topological polar surface area (TPSA) is 75.5 Å². The van der Waals surface area contributed by atoms with Gasteiger partial charge in [-0.15, -0.1) is 0 Å². The lowest BCUT2D eigenvalue weighted by Crippen LogP contribution is -2.38. The number of nitro benzene ring substituents is 1. The third-order valence-corrected chi connectivity index (χ3v) is 3.21. The van der Waals surface area contributed by atoms with Gasteiger partial charge in [-0.3, -0.25) is 14.9 Å². The summed E-state index contributed by atoms with van der Waals surface area (Å²) in [5, 5.41) is 13.9. The molecular formula is C12H15N3O3. The molecule has 1 atom stereocenters. The van der Waals surface area contributed by atoms with E-state index in [0.717, 1.165) is 19.5 Å². The monoisotopic (exact) mass is 249 g/mol. The standard InChI is InChI=1S/C12H15N3O3/c1-14(11-5-6-13-8-11)12(16)9-3-2-4-10(7-9)15(17)18/h2-4,7,11,13H,5-6,8H2,1H3. The smallest absolute Gasteiger partial charge is 0.270 e. The van der Waals surface area contributed by atoms with Gasteiger partial charge >= 0.3 is 0 Å². The van der Waals surface area contributed by atoms with Crippen molar-refractivity contribution in [3.8, 4) is 0 Å². The van der Waals surface area contributed by atoms with Crippen LogP contribution in [0, 0.1) is 10.1 Å². The van der Waals surface area contributed by atoms with Gasteiger partial charge in [-0.2, -0.15) is 0 Å². The molecule has 1 aliphatic rings. The number of nitrogens with one attached hydrogen (secondary N) is 1. The molecule has 1 aromatic rings. The highest BCUT2D eigenvalue weighted by atomic mass is 16.6. The average molecular weight is 249 g/mol. The molecule has 1 amide bonds. The second kappa shape index (κ2) is 5.14. The van der Waals surface area contributed by atoms with Gasteiger partial charge in [0.2, 0.25) is 0 Å². The molecule has 6 nitrogen and oxygen atoms in total. The maximum absolute atomic E-state index is 12.2. The van der Waals surface area contributed by atoms with Crippen LogP contribution in [0.2, 0.25) is 0 Å². The second-order valence-electron chi connectivity index (χ2n) is 4.37. The number of non-ortho nitro benzene ring substituents is 1. The molecule has 1 unspecified atom stereocenters.